The van der Waals surface area contributed by atoms with Gasteiger partial charge in [-0.05, 0) is 33.1 Å². The normalized spacial score (nSPS) is 17.2. The van der Waals surface area contributed by atoms with Crippen LogP contribution in [0.1, 0.15) is 118 Å². The van der Waals surface area contributed by atoms with Crippen LogP contribution in [0.15, 0.2) is 12.4 Å². The van der Waals surface area contributed by atoms with Crippen LogP contribution in [0.4, 0.5) is 0 Å². The third kappa shape index (κ3) is 9.56. The van der Waals surface area contributed by atoms with Crippen molar-refractivity contribution in [2.75, 3.05) is 6.54 Å². The van der Waals surface area contributed by atoms with Crippen molar-refractivity contribution in [3.8, 4) is 0 Å². The van der Waals surface area contributed by atoms with E-state index in [9.17, 15) is 0 Å². The van der Waals surface area contributed by atoms with E-state index in [0.717, 1.165) is 0 Å². The van der Waals surface area contributed by atoms with E-state index in [1.807, 2.05) is 0 Å². The van der Waals surface area contributed by atoms with Gasteiger partial charge < -0.3 is 9.80 Å². The lowest BCUT2D eigenvalue weighted by atomic mass is 10.1. The van der Waals surface area contributed by atoms with Crippen molar-refractivity contribution in [1.29, 1.82) is 0 Å². The number of nitrogens with zero attached hydrogens (tertiary/aromatic N) is 2. The van der Waals surface area contributed by atoms with E-state index in [1.165, 1.54) is 96.4 Å². The van der Waals surface area contributed by atoms with Gasteiger partial charge in [-0.3, -0.25) is 0 Å². The molecule has 0 fully saturated rings. The summed E-state index contributed by atoms with van der Waals surface area (Å²) in [4.78, 5) is 5.20. The third-order valence-corrected chi connectivity index (χ3v) is 5.59. The zero-order chi connectivity index (χ0) is 18.3. The number of rotatable bonds is 16. The first-order valence-corrected chi connectivity index (χ1v) is 11.4. The van der Waals surface area contributed by atoms with Crippen LogP contribution in [0.5, 0.6) is 0 Å². The van der Waals surface area contributed by atoms with E-state index < -0.39 is 0 Å². The molecule has 1 heterocycles. The predicted molar refractivity (Wildman–Crippen MR) is 113 cm³/mol. The largest absolute Gasteiger partial charge is 0.356 e. The van der Waals surface area contributed by atoms with Crippen LogP contribution in [0.25, 0.3) is 0 Å². The van der Waals surface area contributed by atoms with E-state index in [0.29, 0.717) is 12.2 Å². The second-order valence-electron chi connectivity index (χ2n) is 8.24. The number of hydrogen-bond donors (Lipinski definition) is 0. The molecule has 1 aliphatic heterocycles. The molecule has 0 spiro atoms. The molecule has 0 aromatic rings. The van der Waals surface area contributed by atoms with Crippen molar-refractivity contribution < 1.29 is 0 Å². The van der Waals surface area contributed by atoms with Gasteiger partial charge in [0.25, 0.3) is 0 Å². The van der Waals surface area contributed by atoms with Crippen LogP contribution < -0.4 is 0 Å². The Kier molecular flexibility index (Phi) is 13.0. The van der Waals surface area contributed by atoms with Crippen molar-refractivity contribution in [2.24, 2.45) is 0 Å². The van der Waals surface area contributed by atoms with Crippen LogP contribution >= 0.6 is 0 Å². The molecule has 1 aliphatic rings. The average molecular weight is 351 g/mol. The predicted octanol–water partition coefficient (Wildman–Crippen LogP) is 7.31. The quantitative estimate of drug-likeness (QED) is 0.269. The van der Waals surface area contributed by atoms with Gasteiger partial charge in [0.15, 0.2) is 0 Å². The molecule has 0 amide bonds. The SMILES string of the molecule is CCCCCCCCCCN1C=CN(C(C)C)C1CCCCCCC. The Balaban J connectivity index is 2.21. The molecular formula is C23H46N2. The first-order chi connectivity index (χ1) is 12.2. The Hall–Kier alpha value is -0.660. The molecule has 2 nitrogen and oxygen atoms in total. The summed E-state index contributed by atoms with van der Waals surface area (Å²) in [5.74, 6) is 0. The summed E-state index contributed by atoms with van der Waals surface area (Å²) in [7, 11) is 0. The van der Waals surface area contributed by atoms with Crippen molar-refractivity contribution in [3.63, 3.8) is 0 Å². The fraction of sp³-hybridized carbons (Fsp3) is 0.913. The average Bonchev–Trinajstić information content (AvgIpc) is 3.00. The van der Waals surface area contributed by atoms with Crippen LogP contribution in [-0.4, -0.2) is 28.6 Å². The summed E-state index contributed by atoms with van der Waals surface area (Å²) in [5.41, 5.74) is 0. The summed E-state index contributed by atoms with van der Waals surface area (Å²) in [6.45, 7) is 10.5. The van der Waals surface area contributed by atoms with Crippen molar-refractivity contribution in [1.82, 2.24) is 9.80 Å². The molecule has 1 atom stereocenters. The third-order valence-electron chi connectivity index (χ3n) is 5.59. The molecule has 148 valence electrons. The summed E-state index contributed by atoms with van der Waals surface area (Å²) >= 11 is 0. The Morgan fingerprint density at radius 2 is 1.20 bits per heavy atom. The Morgan fingerprint density at radius 1 is 0.680 bits per heavy atom. The second kappa shape index (κ2) is 14.5. The Bertz CT molecular complexity index is 324. The molecule has 0 aliphatic carbocycles. The second-order valence-corrected chi connectivity index (χ2v) is 8.24. The molecular weight excluding hydrogens is 304 g/mol. The highest BCUT2D eigenvalue weighted by atomic mass is 15.4. The fourth-order valence-corrected chi connectivity index (χ4v) is 3.95. The van der Waals surface area contributed by atoms with Crippen LogP contribution in [0.2, 0.25) is 0 Å². The van der Waals surface area contributed by atoms with Crippen LogP contribution in [0, 0.1) is 0 Å². The van der Waals surface area contributed by atoms with E-state index in [1.54, 1.807) is 0 Å². The molecule has 1 unspecified atom stereocenters. The zero-order valence-electron chi connectivity index (χ0n) is 17.8. The maximum atomic E-state index is 2.62. The zero-order valence-corrected chi connectivity index (χ0v) is 17.8. The molecule has 0 bridgehead atoms. The number of hydrogen-bond acceptors (Lipinski definition) is 2. The van der Waals surface area contributed by atoms with Crippen LogP contribution in [0.3, 0.4) is 0 Å². The molecule has 0 aromatic carbocycles. The minimum atomic E-state index is 0.612. The van der Waals surface area contributed by atoms with Gasteiger partial charge in [-0.15, -0.1) is 0 Å². The van der Waals surface area contributed by atoms with E-state index in [-0.39, 0.29) is 0 Å². The van der Waals surface area contributed by atoms with Gasteiger partial charge in [-0.1, -0.05) is 84.5 Å². The summed E-state index contributed by atoms with van der Waals surface area (Å²) in [6, 6.07) is 0.612. The van der Waals surface area contributed by atoms with E-state index in [2.05, 4.69) is 49.9 Å². The highest BCUT2D eigenvalue weighted by molar-refractivity contribution is 4.98. The molecule has 0 saturated heterocycles. The molecule has 0 radical (unpaired) electrons. The minimum Gasteiger partial charge on any atom is -0.356 e. The van der Waals surface area contributed by atoms with Crippen LogP contribution in [-0.2, 0) is 0 Å². The van der Waals surface area contributed by atoms with Gasteiger partial charge in [-0.25, -0.2) is 0 Å². The van der Waals surface area contributed by atoms with Gasteiger partial charge in [0.1, 0.15) is 6.17 Å². The maximum absolute atomic E-state index is 2.62. The lowest BCUT2D eigenvalue weighted by Crippen LogP contribution is -2.42. The van der Waals surface area contributed by atoms with Gasteiger partial charge >= 0.3 is 0 Å². The van der Waals surface area contributed by atoms with E-state index >= 15 is 0 Å². The number of unbranched alkanes of at least 4 members (excludes halogenated alkanes) is 11. The van der Waals surface area contributed by atoms with Gasteiger partial charge in [0.2, 0.25) is 0 Å². The molecule has 25 heavy (non-hydrogen) atoms. The van der Waals surface area contributed by atoms with Crippen molar-refractivity contribution in [3.05, 3.63) is 12.4 Å². The minimum absolute atomic E-state index is 0.612. The smallest absolute Gasteiger partial charge is 0.101 e. The standard InChI is InChI=1S/C23H46N2/c1-5-7-9-11-12-13-15-17-19-24-20-21-25(22(3)4)23(24)18-16-14-10-8-6-2/h20-23H,5-19H2,1-4H3. The first-order valence-electron chi connectivity index (χ1n) is 11.4. The monoisotopic (exact) mass is 350 g/mol. The Morgan fingerprint density at radius 3 is 1.76 bits per heavy atom. The molecule has 0 aromatic heterocycles. The lowest BCUT2D eigenvalue weighted by Gasteiger charge is -2.35. The van der Waals surface area contributed by atoms with Gasteiger partial charge in [-0.2, -0.15) is 0 Å². The summed E-state index contributed by atoms with van der Waals surface area (Å²) in [5, 5.41) is 0. The van der Waals surface area contributed by atoms with Crippen molar-refractivity contribution >= 4 is 0 Å². The van der Waals surface area contributed by atoms with Gasteiger partial charge in [0, 0.05) is 25.0 Å². The molecule has 2 heteroatoms. The molecule has 0 saturated carbocycles. The lowest BCUT2D eigenvalue weighted by molar-refractivity contribution is 0.114. The fourth-order valence-electron chi connectivity index (χ4n) is 3.95. The highest BCUT2D eigenvalue weighted by Gasteiger charge is 2.26. The topological polar surface area (TPSA) is 6.48 Å². The highest BCUT2D eigenvalue weighted by Crippen LogP contribution is 2.24. The first kappa shape index (κ1) is 22.4. The molecule has 0 N–H and O–H groups in total. The van der Waals surface area contributed by atoms with Crippen molar-refractivity contribution in [2.45, 2.75) is 130 Å². The maximum Gasteiger partial charge on any atom is 0.101 e. The molecule has 1 rings (SSSR count). The van der Waals surface area contributed by atoms with E-state index in [4.69, 9.17) is 0 Å². The Labute approximate surface area is 159 Å². The summed E-state index contributed by atoms with van der Waals surface area (Å²) in [6.07, 6.45) is 24.9. The summed E-state index contributed by atoms with van der Waals surface area (Å²) < 4.78 is 0. The van der Waals surface area contributed by atoms with Gasteiger partial charge in [0.05, 0.1) is 0 Å².